The van der Waals surface area contributed by atoms with Crippen molar-refractivity contribution >= 4 is 34.9 Å². The number of carbonyl (C=O) groups is 2. The van der Waals surface area contributed by atoms with Crippen molar-refractivity contribution < 1.29 is 14.3 Å². The maximum Gasteiger partial charge on any atom is 0.315 e. The van der Waals surface area contributed by atoms with Gasteiger partial charge in [-0.1, -0.05) is 17.7 Å². The van der Waals surface area contributed by atoms with E-state index in [1.807, 2.05) is 0 Å². The molecule has 130 valence electrons. The zero-order valence-corrected chi connectivity index (χ0v) is 14.1. The number of amides is 3. The maximum absolute atomic E-state index is 12.1. The molecule has 1 aromatic carbocycles. The first-order chi connectivity index (χ1) is 11.6. The molecule has 1 heterocycles. The molecule has 2 fully saturated rings. The lowest BCUT2D eigenvalue weighted by Crippen LogP contribution is -2.41. The Morgan fingerprint density at radius 2 is 2.00 bits per heavy atom. The molecule has 3 amide bonds. The Morgan fingerprint density at radius 1 is 1.25 bits per heavy atom. The second-order valence-corrected chi connectivity index (χ2v) is 6.29. The minimum atomic E-state index is -0.313. The van der Waals surface area contributed by atoms with Crippen molar-refractivity contribution in [1.82, 2.24) is 10.6 Å². The fraction of sp³-hybridized carbons (Fsp3) is 0.500. The number of anilines is 2. The number of benzene rings is 1. The summed E-state index contributed by atoms with van der Waals surface area (Å²) in [6, 6.07) is 5.33. The van der Waals surface area contributed by atoms with Crippen molar-refractivity contribution in [2.75, 3.05) is 43.1 Å². The number of para-hydroxylation sites is 1. The molecule has 24 heavy (non-hydrogen) atoms. The summed E-state index contributed by atoms with van der Waals surface area (Å²) in [4.78, 5) is 25.8. The summed E-state index contributed by atoms with van der Waals surface area (Å²) in [5.74, 6) is -0.294. The molecule has 1 aromatic rings. The van der Waals surface area contributed by atoms with E-state index in [1.165, 1.54) is 0 Å². The molecule has 0 bridgehead atoms. The second-order valence-electron chi connectivity index (χ2n) is 5.88. The number of ether oxygens (including phenoxy) is 1. The number of nitrogens with zero attached hydrogens (tertiary/aromatic N) is 1. The summed E-state index contributed by atoms with van der Waals surface area (Å²) < 4.78 is 5.36. The van der Waals surface area contributed by atoms with Crippen LogP contribution in [0.3, 0.4) is 0 Å². The van der Waals surface area contributed by atoms with Crippen LogP contribution in [-0.2, 0) is 9.53 Å². The van der Waals surface area contributed by atoms with E-state index >= 15 is 0 Å². The highest BCUT2D eigenvalue weighted by Gasteiger charge is 2.23. The van der Waals surface area contributed by atoms with Crippen LogP contribution in [0.5, 0.6) is 0 Å². The highest BCUT2D eigenvalue weighted by molar-refractivity contribution is 6.34. The van der Waals surface area contributed by atoms with E-state index in [2.05, 4.69) is 20.9 Å². The number of nitrogens with one attached hydrogen (secondary N) is 3. The minimum Gasteiger partial charge on any atom is -0.378 e. The lowest BCUT2D eigenvalue weighted by atomic mass is 10.2. The van der Waals surface area contributed by atoms with Crippen LogP contribution in [0.2, 0.25) is 5.02 Å². The van der Waals surface area contributed by atoms with Gasteiger partial charge < -0.3 is 25.6 Å². The van der Waals surface area contributed by atoms with Crippen molar-refractivity contribution in [3.63, 3.8) is 0 Å². The van der Waals surface area contributed by atoms with Crippen molar-refractivity contribution in [2.24, 2.45) is 0 Å². The first-order valence-corrected chi connectivity index (χ1v) is 8.46. The van der Waals surface area contributed by atoms with Crippen LogP contribution in [0, 0.1) is 0 Å². The molecular formula is C16H21ClN4O3. The molecule has 1 saturated carbocycles. The number of halogens is 1. The third-order valence-electron chi connectivity index (χ3n) is 3.91. The summed E-state index contributed by atoms with van der Waals surface area (Å²) in [5, 5.41) is 8.73. The smallest absolute Gasteiger partial charge is 0.315 e. The molecule has 3 N–H and O–H groups in total. The zero-order valence-electron chi connectivity index (χ0n) is 13.3. The van der Waals surface area contributed by atoms with Crippen molar-refractivity contribution in [1.29, 1.82) is 0 Å². The first-order valence-electron chi connectivity index (χ1n) is 8.09. The number of hydrogen-bond acceptors (Lipinski definition) is 4. The van der Waals surface area contributed by atoms with E-state index in [0.717, 1.165) is 18.5 Å². The molecule has 8 heteroatoms. The van der Waals surface area contributed by atoms with E-state index in [9.17, 15) is 9.59 Å². The van der Waals surface area contributed by atoms with Crippen LogP contribution in [-0.4, -0.2) is 50.8 Å². The van der Waals surface area contributed by atoms with Crippen LogP contribution < -0.4 is 20.9 Å². The van der Waals surface area contributed by atoms with E-state index in [4.69, 9.17) is 16.3 Å². The van der Waals surface area contributed by atoms with E-state index < -0.39 is 0 Å². The lowest BCUT2D eigenvalue weighted by molar-refractivity contribution is -0.115. The van der Waals surface area contributed by atoms with Crippen LogP contribution in [0.4, 0.5) is 16.2 Å². The zero-order chi connectivity index (χ0) is 16.9. The Hall–Kier alpha value is -1.99. The van der Waals surface area contributed by atoms with Crippen molar-refractivity contribution in [3.8, 4) is 0 Å². The van der Waals surface area contributed by atoms with Crippen LogP contribution >= 0.6 is 11.6 Å². The molecular weight excluding hydrogens is 332 g/mol. The Labute approximate surface area is 145 Å². The Balaban J connectivity index is 1.59. The molecule has 3 rings (SSSR count). The standard InChI is InChI=1S/C16H21ClN4O3/c17-12-2-1-3-13(15(12)21-6-8-24-9-7-21)20-14(22)10-18-16(23)19-11-4-5-11/h1-3,11H,4-10H2,(H,20,22)(H2,18,19,23). The molecule has 0 radical (unpaired) electrons. The van der Waals surface area contributed by atoms with Gasteiger partial charge in [-0.25, -0.2) is 4.79 Å². The number of rotatable bonds is 5. The molecule has 1 aliphatic carbocycles. The van der Waals surface area contributed by atoms with Gasteiger partial charge in [0.25, 0.3) is 0 Å². The van der Waals surface area contributed by atoms with Gasteiger partial charge in [0.1, 0.15) is 0 Å². The monoisotopic (exact) mass is 352 g/mol. The highest BCUT2D eigenvalue weighted by atomic mass is 35.5. The van der Waals surface area contributed by atoms with Gasteiger partial charge in [-0.3, -0.25) is 4.79 Å². The summed E-state index contributed by atoms with van der Waals surface area (Å²) in [7, 11) is 0. The van der Waals surface area contributed by atoms with Crippen LogP contribution in [0.15, 0.2) is 18.2 Å². The number of hydrogen-bond donors (Lipinski definition) is 3. The number of carbonyl (C=O) groups excluding carboxylic acids is 2. The van der Waals surface area contributed by atoms with Gasteiger partial charge in [0.2, 0.25) is 5.91 Å². The van der Waals surface area contributed by atoms with Gasteiger partial charge >= 0.3 is 6.03 Å². The topological polar surface area (TPSA) is 82.7 Å². The Kier molecular flexibility index (Phi) is 5.42. The van der Waals surface area contributed by atoms with Gasteiger partial charge in [0, 0.05) is 19.1 Å². The summed E-state index contributed by atoms with van der Waals surface area (Å²) in [6.45, 7) is 2.60. The van der Waals surface area contributed by atoms with Crippen LogP contribution in [0.1, 0.15) is 12.8 Å². The first kappa shape index (κ1) is 16.9. The third-order valence-corrected chi connectivity index (χ3v) is 4.22. The fourth-order valence-electron chi connectivity index (χ4n) is 2.54. The maximum atomic E-state index is 12.1. The average molecular weight is 353 g/mol. The number of morpholine rings is 1. The Morgan fingerprint density at radius 3 is 2.71 bits per heavy atom. The normalized spacial score (nSPS) is 17.3. The molecule has 7 nitrogen and oxygen atoms in total. The van der Waals surface area contributed by atoms with Gasteiger partial charge in [-0.05, 0) is 25.0 Å². The fourth-order valence-corrected chi connectivity index (χ4v) is 2.84. The SMILES string of the molecule is O=C(CNC(=O)NC1CC1)Nc1cccc(Cl)c1N1CCOCC1. The molecule has 2 aliphatic rings. The average Bonchev–Trinajstić information content (AvgIpc) is 3.38. The third kappa shape index (κ3) is 4.52. The van der Waals surface area contributed by atoms with E-state index in [0.29, 0.717) is 37.0 Å². The largest absolute Gasteiger partial charge is 0.378 e. The van der Waals surface area contributed by atoms with E-state index in [-0.39, 0.29) is 24.5 Å². The summed E-state index contributed by atoms with van der Waals surface area (Å²) in [5.41, 5.74) is 1.43. The molecule has 0 atom stereocenters. The Bertz CT molecular complexity index is 615. The van der Waals surface area contributed by atoms with Gasteiger partial charge in [0.15, 0.2) is 0 Å². The summed E-state index contributed by atoms with van der Waals surface area (Å²) in [6.07, 6.45) is 2.01. The molecule has 1 saturated heterocycles. The van der Waals surface area contributed by atoms with Crippen molar-refractivity contribution in [3.05, 3.63) is 23.2 Å². The van der Waals surface area contributed by atoms with Gasteiger partial charge in [-0.15, -0.1) is 0 Å². The molecule has 1 aliphatic heterocycles. The predicted octanol–water partition coefficient (Wildman–Crippen LogP) is 1.58. The quantitative estimate of drug-likeness (QED) is 0.751. The molecule has 0 unspecified atom stereocenters. The van der Waals surface area contributed by atoms with Gasteiger partial charge in [0.05, 0.1) is 36.2 Å². The minimum absolute atomic E-state index is 0.0897. The second kappa shape index (κ2) is 7.72. The lowest BCUT2D eigenvalue weighted by Gasteiger charge is -2.31. The molecule has 0 aromatic heterocycles. The van der Waals surface area contributed by atoms with Crippen LogP contribution in [0.25, 0.3) is 0 Å². The predicted molar refractivity (Wildman–Crippen MR) is 92.7 cm³/mol. The number of urea groups is 1. The van der Waals surface area contributed by atoms with E-state index in [1.54, 1.807) is 18.2 Å². The van der Waals surface area contributed by atoms with Gasteiger partial charge in [-0.2, -0.15) is 0 Å². The molecule has 0 spiro atoms. The highest BCUT2D eigenvalue weighted by Crippen LogP contribution is 2.34. The summed E-state index contributed by atoms with van der Waals surface area (Å²) >= 11 is 6.32. The van der Waals surface area contributed by atoms with Crippen molar-refractivity contribution in [2.45, 2.75) is 18.9 Å².